The van der Waals surface area contributed by atoms with E-state index in [2.05, 4.69) is 10.5 Å². The molecule has 1 atom stereocenters. The van der Waals surface area contributed by atoms with Gasteiger partial charge in [-0.25, -0.2) is 4.39 Å². The summed E-state index contributed by atoms with van der Waals surface area (Å²) in [6.07, 6.45) is 1.30. The zero-order valence-electron chi connectivity index (χ0n) is 15.0. The molecule has 2 aromatic rings. The van der Waals surface area contributed by atoms with Crippen LogP contribution in [0, 0.1) is 12.7 Å². The number of unbranched alkanes of at least 4 members (excludes halogenated alkanes) is 1. The molecule has 1 aromatic heterocycles. The van der Waals surface area contributed by atoms with E-state index in [0.717, 1.165) is 12.8 Å². The molecule has 6 nitrogen and oxygen atoms in total. The van der Waals surface area contributed by atoms with Crippen molar-refractivity contribution in [2.24, 2.45) is 0 Å². The van der Waals surface area contributed by atoms with E-state index < -0.39 is 18.0 Å². The summed E-state index contributed by atoms with van der Waals surface area (Å²) in [4.78, 5) is 24.5. The summed E-state index contributed by atoms with van der Waals surface area (Å²) in [6.45, 7) is 3.69. The molecule has 1 amide bonds. The Bertz CT molecular complexity index is 745. The van der Waals surface area contributed by atoms with Gasteiger partial charge in [-0.05, 0) is 37.8 Å². The number of hydrogen-bond acceptors (Lipinski definition) is 5. The molecule has 0 radical (unpaired) electrons. The van der Waals surface area contributed by atoms with Crippen LogP contribution in [0.1, 0.15) is 43.9 Å². The predicted octanol–water partition coefficient (Wildman–Crippen LogP) is 3.80. The Morgan fingerprint density at radius 2 is 2.12 bits per heavy atom. The van der Waals surface area contributed by atoms with E-state index >= 15 is 0 Å². The molecular formula is C19H23FN2O4. The van der Waals surface area contributed by atoms with E-state index in [1.807, 2.05) is 6.92 Å². The number of aromatic nitrogens is 1. The number of benzene rings is 1. The van der Waals surface area contributed by atoms with Crippen molar-refractivity contribution in [3.63, 3.8) is 0 Å². The minimum atomic E-state index is -0.917. The number of nitrogens with one attached hydrogen (secondary N) is 1. The number of halogens is 1. The Balaban J connectivity index is 1.92. The van der Waals surface area contributed by atoms with Crippen molar-refractivity contribution in [3.05, 3.63) is 47.5 Å². The Labute approximate surface area is 151 Å². The number of anilines is 1. The highest BCUT2D eigenvalue weighted by Gasteiger charge is 2.23. The maximum absolute atomic E-state index is 13.6. The van der Waals surface area contributed by atoms with Crippen LogP contribution in [-0.4, -0.2) is 23.1 Å². The van der Waals surface area contributed by atoms with Crippen molar-refractivity contribution < 1.29 is 23.2 Å². The van der Waals surface area contributed by atoms with Crippen molar-refractivity contribution in [3.8, 4) is 0 Å². The van der Waals surface area contributed by atoms with Gasteiger partial charge in [-0.1, -0.05) is 36.7 Å². The minimum Gasteiger partial charge on any atom is -0.452 e. The second-order valence-corrected chi connectivity index (χ2v) is 6.02. The summed E-state index contributed by atoms with van der Waals surface area (Å²) in [7, 11) is 0. The first-order valence-corrected chi connectivity index (χ1v) is 8.66. The van der Waals surface area contributed by atoms with Gasteiger partial charge in [0.2, 0.25) is 0 Å². The Morgan fingerprint density at radius 1 is 1.35 bits per heavy atom. The molecule has 0 fully saturated rings. The molecule has 0 saturated carbocycles. The summed E-state index contributed by atoms with van der Waals surface area (Å²) in [5.41, 5.74) is 0.442. The maximum atomic E-state index is 13.6. The van der Waals surface area contributed by atoms with Gasteiger partial charge >= 0.3 is 5.97 Å². The van der Waals surface area contributed by atoms with E-state index in [1.165, 1.54) is 6.07 Å². The first-order chi connectivity index (χ1) is 12.5. The van der Waals surface area contributed by atoms with Crippen molar-refractivity contribution in [1.29, 1.82) is 0 Å². The normalized spacial score (nSPS) is 11.8. The number of aryl methyl sites for hydroxylation is 2. The fourth-order valence-corrected chi connectivity index (χ4v) is 2.42. The highest BCUT2D eigenvalue weighted by molar-refractivity contribution is 5.94. The van der Waals surface area contributed by atoms with Gasteiger partial charge in [-0.15, -0.1) is 0 Å². The number of hydrogen-bond donors (Lipinski definition) is 1. The Hall–Kier alpha value is -2.70. The average Bonchev–Trinajstić information content (AvgIpc) is 3.02. The highest BCUT2D eigenvalue weighted by Crippen LogP contribution is 2.14. The van der Waals surface area contributed by atoms with Crippen molar-refractivity contribution in [1.82, 2.24) is 5.16 Å². The molecule has 0 aliphatic rings. The second-order valence-electron chi connectivity index (χ2n) is 6.02. The zero-order chi connectivity index (χ0) is 18.9. The lowest BCUT2D eigenvalue weighted by atomic mass is 10.1. The molecular weight excluding hydrogens is 339 g/mol. The summed E-state index contributed by atoms with van der Waals surface area (Å²) >= 11 is 0. The highest BCUT2D eigenvalue weighted by atomic mass is 19.1. The van der Waals surface area contributed by atoms with Crippen LogP contribution in [0.2, 0.25) is 0 Å². The molecule has 1 heterocycles. The van der Waals surface area contributed by atoms with Crippen LogP contribution in [0.25, 0.3) is 0 Å². The molecule has 2 rings (SSSR count). The van der Waals surface area contributed by atoms with Crippen LogP contribution in [-0.2, 0) is 20.7 Å². The van der Waals surface area contributed by atoms with Gasteiger partial charge in [0.15, 0.2) is 11.9 Å². The molecule has 0 aliphatic carbocycles. The van der Waals surface area contributed by atoms with Crippen LogP contribution in [0.15, 0.2) is 34.9 Å². The van der Waals surface area contributed by atoms with Gasteiger partial charge in [-0.2, -0.15) is 0 Å². The summed E-state index contributed by atoms with van der Waals surface area (Å²) in [5, 5.41) is 6.27. The molecule has 0 bridgehead atoms. The lowest BCUT2D eigenvalue weighted by Gasteiger charge is -2.16. The van der Waals surface area contributed by atoms with Gasteiger partial charge in [0.1, 0.15) is 11.6 Å². The van der Waals surface area contributed by atoms with Gasteiger partial charge in [0.25, 0.3) is 5.91 Å². The maximum Gasteiger partial charge on any atom is 0.306 e. The largest absolute Gasteiger partial charge is 0.452 e. The van der Waals surface area contributed by atoms with E-state index in [-0.39, 0.29) is 24.5 Å². The topological polar surface area (TPSA) is 81.4 Å². The number of nitrogens with zero attached hydrogens (tertiary/aromatic N) is 1. The monoisotopic (exact) mass is 362 g/mol. The summed E-state index contributed by atoms with van der Waals surface area (Å²) in [6, 6.07) is 7.85. The van der Waals surface area contributed by atoms with Gasteiger partial charge < -0.3 is 14.6 Å². The SMILES string of the molecule is CCCCC(OC(=O)CCc1ccccc1F)C(=O)Nc1cc(C)on1. The summed E-state index contributed by atoms with van der Waals surface area (Å²) in [5.74, 6) is -0.516. The number of ether oxygens (including phenoxy) is 1. The van der Waals surface area contributed by atoms with Gasteiger partial charge in [0, 0.05) is 12.5 Å². The van der Waals surface area contributed by atoms with E-state index in [9.17, 15) is 14.0 Å². The lowest BCUT2D eigenvalue weighted by Crippen LogP contribution is -2.32. The molecule has 1 unspecified atom stereocenters. The van der Waals surface area contributed by atoms with E-state index in [1.54, 1.807) is 31.2 Å². The van der Waals surface area contributed by atoms with Crippen LogP contribution < -0.4 is 5.32 Å². The smallest absolute Gasteiger partial charge is 0.306 e. The first kappa shape index (κ1) is 19.6. The van der Waals surface area contributed by atoms with Crippen molar-refractivity contribution in [2.75, 3.05) is 5.32 Å². The molecule has 0 aliphatic heterocycles. The third-order valence-corrected chi connectivity index (χ3v) is 3.82. The Morgan fingerprint density at radius 3 is 2.77 bits per heavy atom. The van der Waals surface area contributed by atoms with Crippen LogP contribution >= 0.6 is 0 Å². The lowest BCUT2D eigenvalue weighted by molar-refractivity contribution is -0.154. The van der Waals surface area contributed by atoms with Crippen LogP contribution in [0.4, 0.5) is 10.2 Å². The van der Waals surface area contributed by atoms with Crippen LogP contribution in [0.5, 0.6) is 0 Å². The molecule has 0 saturated heterocycles. The zero-order valence-corrected chi connectivity index (χ0v) is 15.0. The van der Waals surface area contributed by atoms with Crippen molar-refractivity contribution >= 4 is 17.7 Å². The molecule has 26 heavy (non-hydrogen) atoms. The third kappa shape index (κ3) is 5.98. The predicted molar refractivity (Wildman–Crippen MR) is 94.0 cm³/mol. The molecule has 140 valence electrons. The number of esters is 1. The number of carbonyl (C=O) groups excluding carboxylic acids is 2. The first-order valence-electron chi connectivity index (χ1n) is 8.66. The third-order valence-electron chi connectivity index (χ3n) is 3.82. The fraction of sp³-hybridized carbons (Fsp3) is 0.421. The fourth-order valence-electron chi connectivity index (χ4n) is 2.42. The van der Waals surface area contributed by atoms with E-state index in [0.29, 0.717) is 17.7 Å². The second kappa shape index (κ2) is 9.70. The molecule has 0 spiro atoms. The van der Waals surface area contributed by atoms with Gasteiger partial charge in [0.05, 0.1) is 0 Å². The number of carbonyl (C=O) groups is 2. The summed E-state index contributed by atoms with van der Waals surface area (Å²) < 4.78 is 23.8. The number of amides is 1. The molecule has 1 N–H and O–H groups in total. The van der Waals surface area contributed by atoms with Gasteiger partial charge in [-0.3, -0.25) is 9.59 Å². The molecule has 7 heteroatoms. The van der Waals surface area contributed by atoms with E-state index in [4.69, 9.17) is 9.26 Å². The molecule has 1 aromatic carbocycles. The average molecular weight is 362 g/mol. The van der Waals surface area contributed by atoms with Crippen molar-refractivity contribution in [2.45, 2.75) is 52.1 Å². The van der Waals surface area contributed by atoms with Crippen LogP contribution in [0.3, 0.4) is 0 Å². The minimum absolute atomic E-state index is 0.0000925. The Kier molecular flexibility index (Phi) is 7.32. The standard InChI is InChI=1S/C19H23FN2O4/c1-3-4-9-16(19(24)21-17-12-13(2)26-22-17)25-18(23)11-10-14-7-5-6-8-15(14)20/h5-8,12,16H,3-4,9-11H2,1-2H3,(H,21,22,24). The number of rotatable bonds is 9. The quantitative estimate of drug-likeness (QED) is 0.686.